The van der Waals surface area contributed by atoms with Gasteiger partial charge in [-0.1, -0.05) is 54.6 Å². The summed E-state index contributed by atoms with van der Waals surface area (Å²) in [6, 6.07) is 21.0. The van der Waals surface area contributed by atoms with Gasteiger partial charge < -0.3 is 5.32 Å². The Kier molecular flexibility index (Phi) is 6.58. The molecule has 0 spiro atoms. The van der Waals surface area contributed by atoms with Crippen LogP contribution in [0.25, 0.3) is 5.69 Å². The lowest BCUT2D eigenvalue weighted by Crippen LogP contribution is -2.41. The Balaban J connectivity index is 1.66. The van der Waals surface area contributed by atoms with E-state index in [0.717, 1.165) is 11.6 Å². The van der Waals surface area contributed by atoms with Gasteiger partial charge in [0.2, 0.25) is 0 Å². The molecule has 0 saturated carbocycles. The van der Waals surface area contributed by atoms with E-state index in [2.05, 4.69) is 15.7 Å². The molecule has 0 unspecified atom stereocenters. The number of aromatic nitrogens is 4. The molecule has 1 aromatic heterocycles. The van der Waals surface area contributed by atoms with Crippen molar-refractivity contribution in [1.29, 1.82) is 0 Å². The molecule has 10 heteroatoms. The first-order valence-electron chi connectivity index (χ1n) is 10.5. The molecular weight excluding hydrogens is 439 g/mol. The van der Waals surface area contributed by atoms with E-state index in [0.29, 0.717) is 15.1 Å². The largest absolute Gasteiger partial charge is 0.377 e. The van der Waals surface area contributed by atoms with E-state index in [-0.39, 0.29) is 24.3 Å². The fourth-order valence-electron chi connectivity index (χ4n) is 3.44. The van der Waals surface area contributed by atoms with Crippen molar-refractivity contribution in [2.24, 2.45) is 0 Å². The summed E-state index contributed by atoms with van der Waals surface area (Å²) in [6.45, 7) is 2.21. The number of amides is 2. The Morgan fingerprint density at radius 1 is 0.941 bits per heavy atom. The Hall–Kier alpha value is -4.60. The van der Waals surface area contributed by atoms with E-state index in [9.17, 15) is 18.8 Å². The van der Waals surface area contributed by atoms with Gasteiger partial charge in [0.15, 0.2) is 0 Å². The zero-order valence-corrected chi connectivity index (χ0v) is 18.3. The minimum absolute atomic E-state index is 0.118. The van der Waals surface area contributed by atoms with Crippen LogP contribution in [0.15, 0.2) is 83.7 Å². The number of carbonyl (C=O) groups is 2. The van der Waals surface area contributed by atoms with Crippen LogP contribution in [-0.4, -0.2) is 38.3 Å². The molecule has 0 saturated heterocycles. The highest BCUT2D eigenvalue weighted by atomic mass is 19.1. The van der Waals surface area contributed by atoms with Crippen molar-refractivity contribution in [2.75, 3.05) is 11.4 Å². The summed E-state index contributed by atoms with van der Waals surface area (Å²) in [5.41, 5.74) is -0.0965. The molecule has 34 heavy (non-hydrogen) atoms. The Morgan fingerprint density at radius 2 is 1.62 bits per heavy atom. The Morgan fingerprint density at radius 3 is 2.29 bits per heavy atom. The van der Waals surface area contributed by atoms with Gasteiger partial charge in [-0.3, -0.25) is 9.69 Å². The van der Waals surface area contributed by atoms with Crippen LogP contribution in [0.4, 0.5) is 14.9 Å². The van der Waals surface area contributed by atoms with Gasteiger partial charge in [-0.2, -0.15) is 4.68 Å². The number of rotatable bonds is 6. The highest BCUT2D eigenvalue weighted by Crippen LogP contribution is 2.17. The van der Waals surface area contributed by atoms with Gasteiger partial charge in [0.05, 0.1) is 5.56 Å². The van der Waals surface area contributed by atoms with Gasteiger partial charge in [0.1, 0.15) is 11.5 Å². The number of carbonyl (C=O) groups excluding carboxylic acids is 2. The number of anilines is 1. The average molecular weight is 460 g/mol. The van der Waals surface area contributed by atoms with E-state index in [1.54, 1.807) is 37.3 Å². The summed E-state index contributed by atoms with van der Waals surface area (Å²) in [5, 5.41) is 10.0. The molecule has 4 aromatic rings. The van der Waals surface area contributed by atoms with E-state index < -0.39 is 23.4 Å². The van der Waals surface area contributed by atoms with Crippen molar-refractivity contribution in [2.45, 2.75) is 13.5 Å². The van der Waals surface area contributed by atoms with Crippen LogP contribution >= 0.6 is 0 Å². The second kappa shape index (κ2) is 9.90. The third-order valence-corrected chi connectivity index (χ3v) is 5.12. The molecule has 0 bridgehead atoms. The normalized spacial score (nSPS) is 10.6. The van der Waals surface area contributed by atoms with Gasteiger partial charge in [0.25, 0.3) is 5.91 Å². The van der Waals surface area contributed by atoms with E-state index in [1.165, 1.54) is 17.0 Å². The number of tetrazole rings is 1. The van der Waals surface area contributed by atoms with Crippen molar-refractivity contribution in [3.8, 4) is 5.69 Å². The van der Waals surface area contributed by atoms with Crippen molar-refractivity contribution >= 4 is 17.6 Å². The fraction of sp³-hybridized carbons (Fsp3) is 0.125. The standard InChI is InChI=1S/C24H21FN6O3/c1-2-29(18-12-7-4-8-13-18)23(33)31-24(34)30(27-28-31)21-19(14-9-15-20(21)25)22(32)26-16-17-10-5-3-6-11-17/h3-15H,2,16H2,1H3,(H,26,32). The van der Waals surface area contributed by atoms with Crippen LogP contribution in [-0.2, 0) is 6.54 Å². The van der Waals surface area contributed by atoms with Crippen LogP contribution in [0, 0.1) is 5.82 Å². The van der Waals surface area contributed by atoms with Crippen LogP contribution in [0.5, 0.6) is 0 Å². The number of benzene rings is 3. The maximum Gasteiger partial charge on any atom is 0.377 e. The molecule has 0 aliphatic heterocycles. The molecule has 3 aromatic carbocycles. The third-order valence-electron chi connectivity index (χ3n) is 5.12. The highest BCUT2D eigenvalue weighted by Gasteiger charge is 2.25. The summed E-state index contributed by atoms with van der Waals surface area (Å²) in [7, 11) is 0. The third kappa shape index (κ3) is 4.46. The predicted octanol–water partition coefficient (Wildman–Crippen LogP) is 2.99. The van der Waals surface area contributed by atoms with Crippen LogP contribution in [0.1, 0.15) is 22.8 Å². The lowest BCUT2D eigenvalue weighted by Gasteiger charge is -2.19. The minimum Gasteiger partial charge on any atom is -0.348 e. The molecule has 0 radical (unpaired) electrons. The molecule has 1 N–H and O–H groups in total. The SMILES string of the molecule is CCN(C(=O)n1nnn(-c2c(F)cccc2C(=O)NCc2ccccc2)c1=O)c1ccccc1. The predicted molar refractivity (Wildman–Crippen MR) is 123 cm³/mol. The van der Waals surface area contributed by atoms with E-state index >= 15 is 0 Å². The molecule has 1 heterocycles. The zero-order valence-electron chi connectivity index (χ0n) is 18.3. The molecule has 0 fully saturated rings. The van der Waals surface area contributed by atoms with Gasteiger partial charge in [0, 0.05) is 18.8 Å². The quantitative estimate of drug-likeness (QED) is 0.446. The lowest BCUT2D eigenvalue weighted by molar-refractivity contribution is 0.0950. The summed E-state index contributed by atoms with van der Waals surface area (Å²) in [6.07, 6.45) is 0. The smallest absolute Gasteiger partial charge is 0.348 e. The topological polar surface area (TPSA) is 102 Å². The summed E-state index contributed by atoms with van der Waals surface area (Å²) in [5.74, 6) is -1.46. The number of nitrogens with one attached hydrogen (secondary N) is 1. The maximum absolute atomic E-state index is 14.8. The number of hydrogen-bond donors (Lipinski definition) is 1. The van der Waals surface area contributed by atoms with Crippen LogP contribution in [0.2, 0.25) is 0 Å². The first-order valence-corrected chi connectivity index (χ1v) is 10.5. The van der Waals surface area contributed by atoms with Crippen molar-refractivity contribution in [1.82, 2.24) is 25.1 Å². The number of para-hydroxylation sites is 2. The number of halogens is 1. The second-order valence-electron chi connectivity index (χ2n) is 7.25. The van der Waals surface area contributed by atoms with Crippen molar-refractivity contribution in [3.63, 3.8) is 0 Å². The minimum atomic E-state index is -0.999. The second-order valence-corrected chi connectivity index (χ2v) is 7.25. The van der Waals surface area contributed by atoms with E-state index in [4.69, 9.17) is 0 Å². The van der Waals surface area contributed by atoms with Crippen molar-refractivity contribution < 1.29 is 14.0 Å². The lowest BCUT2D eigenvalue weighted by atomic mass is 10.1. The Labute approximate surface area is 194 Å². The van der Waals surface area contributed by atoms with Gasteiger partial charge in [-0.25, -0.2) is 14.0 Å². The number of hydrogen-bond acceptors (Lipinski definition) is 5. The molecule has 172 valence electrons. The summed E-state index contributed by atoms with van der Waals surface area (Å²) in [4.78, 5) is 40.2. The molecule has 9 nitrogen and oxygen atoms in total. The van der Waals surface area contributed by atoms with Crippen LogP contribution < -0.4 is 15.9 Å². The van der Waals surface area contributed by atoms with Gasteiger partial charge >= 0.3 is 11.7 Å². The maximum atomic E-state index is 14.8. The molecule has 0 atom stereocenters. The van der Waals surface area contributed by atoms with Crippen LogP contribution in [0.3, 0.4) is 0 Å². The van der Waals surface area contributed by atoms with Gasteiger partial charge in [-0.05, 0) is 47.2 Å². The summed E-state index contributed by atoms with van der Waals surface area (Å²) >= 11 is 0. The zero-order chi connectivity index (χ0) is 24.1. The van der Waals surface area contributed by atoms with Gasteiger partial charge in [-0.15, -0.1) is 4.68 Å². The molecule has 2 amide bonds. The number of nitrogens with zero attached hydrogens (tertiary/aromatic N) is 5. The van der Waals surface area contributed by atoms with E-state index in [1.807, 2.05) is 30.3 Å². The van der Waals surface area contributed by atoms with Crippen molar-refractivity contribution in [3.05, 3.63) is 106 Å². The molecular formula is C24H21FN6O3. The highest BCUT2D eigenvalue weighted by molar-refractivity contribution is 5.98. The first kappa shape index (κ1) is 22.6. The molecule has 4 rings (SSSR count). The Bertz CT molecular complexity index is 1370. The summed E-state index contributed by atoms with van der Waals surface area (Å²) < 4.78 is 16.0. The first-order chi connectivity index (χ1) is 16.5. The monoisotopic (exact) mass is 460 g/mol. The molecule has 0 aliphatic rings. The average Bonchev–Trinajstić information content (AvgIpc) is 3.24. The fourth-order valence-corrected chi connectivity index (χ4v) is 3.44. The molecule has 0 aliphatic carbocycles.